The number of nitrogens with two attached hydrogens (primary N) is 1. The summed E-state index contributed by atoms with van der Waals surface area (Å²) in [6, 6.07) is 0. The molecule has 2 unspecified atom stereocenters. The van der Waals surface area contributed by atoms with Gasteiger partial charge in [0.2, 0.25) is 0 Å². The summed E-state index contributed by atoms with van der Waals surface area (Å²) in [6.07, 6.45) is 0.877. The van der Waals surface area contributed by atoms with Crippen molar-refractivity contribution in [2.24, 2.45) is 5.73 Å². The molecule has 3 nitrogen and oxygen atoms in total. The Morgan fingerprint density at radius 1 is 1.46 bits per heavy atom. The Morgan fingerprint density at radius 3 is 2.46 bits per heavy atom. The lowest BCUT2D eigenvalue weighted by Crippen LogP contribution is -2.26. The molecule has 2 N–H and O–H groups in total. The van der Waals surface area contributed by atoms with Crippen molar-refractivity contribution < 1.29 is 8.95 Å². The minimum atomic E-state index is -0.733. The maximum Gasteiger partial charge on any atom is 0.0705 e. The van der Waals surface area contributed by atoms with Crippen molar-refractivity contribution in [1.82, 2.24) is 0 Å². The highest BCUT2D eigenvalue weighted by atomic mass is 32.2. The van der Waals surface area contributed by atoms with Gasteiger partial charge in [0, 0.05) is 35.0 Å². The summed E-state index contributed by atoms with van der Waals surface area (Å²) in [6.45, 7) is 7.07. The monoisotopic (exact) mass is 207 g/mol. The lowest BCUT2D eigenvalue weighted by Gasteiger charge is -2.14. The minimum absolute atomic E-state index is 0.0766. The topological polar surface area (TPSA) is 52.3 Å². The molecule has 13 heavy (non-hydrogen) atoms. The van der Waals surface area contributed by atoms with Gasteiger partial charge in [0.1, 0.15) is 0 Å². The zero-order valence-corrected chi connectivity index (χ0v) is 9.60. The maximum atomic E-state index is 11.4. The summed E-state index contributed by atoms with van der Waals surface area (Å²) in [5.74, 6) is 0.694. The second-order valence-corrected chi connectivity index (χ2v) is 5.35. The zero-order chi connectivity index (χ0) is 10.3. The van der Waals surface area contributed by atoms with E-state index in [-0.39, 0.29) is 11.4 Å². The Hall–Kier alpha value is 0.0700. The third-order valence-electron chi connectivity index (χ3n) is 1.83. The second kappa shape index (κ2) is 7.47. The van der Waals surface area contributed by atoms with E-state index in [0.717, 1.165) is 6.42 Å². The van der Waals surface area contributed by atoms with E-state index < -0.39 is 10.8 Å². The molecule has 0 aromatic carbocycles. The van der Waals surface area contributed by atoms with Crippen molar-refractivity contribution >= 4 is 10.8 Å². The molecule has 0 saturated carbocycles. The van der Waals surface area contributed by atoms with E-state index in [1.165, 1.54) is 0 Å². The fourth-order valence-corrected chi connectivity index (χ4v) is 1.95. The van der Waals surface area contributed by atoms with Crippen molar-refractivity contribution in [3.8, 4) is 0 Å². The highest BCUT2D eigenvalue weighted by molar-refractivity contribution is 7.85. The van der Waals surface area contributed by atoms with Crippen LogP contribution in [0.25, 0.3) is 0 Å². The average Bonchev–Trinajstić information content (AvgIpc) is 2.11. The van der Waals surface area contributed by atoms with E-state index in [0.29, 0.717) is 18.9 Å². The van der Waals surface area contributed by atoms with Crippen molar-refractivity contribution in [3.05, 3.63) is 0 Å². The van der Waals surface area contributed by atoms with Crippen LogP contribution in [-0.2, 0) is 15.5 Å². The van der Waals surface area contributed by atoms with Gasteiger partial charge in [-0.25, -0.2) is 0 Å². The van der Waals surface area contributed by atoms with Crippen LogP contribution in [0.4, 0.5) is 0 Å². The summed E-state index contributed by atoms with van der Waals surface area (Å²) in [4.78, 5) is 0. The first-order valence-corrected chi connectivity index (χ1v) is 6.18. The molecule has 0 rings (SSSR count). The van der Waals surface area contributed by atoms with E-state index in [4.69, 9.17) is 10.5 Å². The van der Waals surface area contributed by atoms with Gasteiger partial charge in [0.25, 0.3) is 0 Å². The lowest BCUT2D eigenvalue weighted by atomic mass is 10.3. The Labute approximate surface area is 83.5 Å². The molecular weight excluding hydrogens is 186 g/mol. The van der Waals surface area contributed by atoms with Crippen molar-refractivity contribution in [2.45, 2.75) is 38.5 Å². The van der Waals surface area contributed by atoms with E-state index in [1.54, 1.807) is 0 Å². The highest BCUT2D eigenvalue weighted by Crippen LogP contribution is 2.02. The maximum absolute atomic E-state index is 11.4. The predicted molar refractivity (Wildman–Crippen MR) is 57.2 cm³/mol. The quantitative estimate of drug-likeness (QED) is 0.675. The summed E-state index contributed by atoms with van der Waals surface area (Å²) < 4.78 is 16.7. The SMILES string of the molecule is CCOC(CN)CCS(=O)C(C)C. The number of hydrogen-bond acceptors (Lipinski definition) is 3. The van der Waals surface area contributed by atoms with Crippen molar-refractivity contribution in [1.29, 1.82) is 0 Å². The van der Waals surface area contributed by atoms with E-state index in [1.807, 2.05) is 20.8 Å². The van der Waals surface area contributed by atoms with Crippen LogP contribution in [-0.4, -0.2) is 34.5 Å². The lowest BCUT2D eigenvalue weighted by molar-refractivity contribution is 0.0672. The predicted octanol–water partition coefficient (Wildman–Crippen LogP) is 0.897. The molecule has 0 aromatic rings. The fourth-order valence-electron chi connectivity index (χ4n) is 0.988. The Balaban J connectivity index is 3.65. The molecule has 0 radical (unpaired) electrons. The molecule has 0 fully saturated rings. The molecule has 0 aliphatic rings. The molecule has 0 aliphatic heterocycles. The van der Waals surface area contributed by atoms with Gasteiger partial charge in [-0.3, -0.25) is 4.21 Å². The van der Waals surface area contributed by atoms with Gasteiger partial charge < -0.3 is 10.5 Å². The first-order valence-electron chi connectivity index (χ1n) is 4.80. The molecule has 2 atom stereocenters. The average molecular weight is 207 g/mol. The minimum Gasteiger partial charge on any atom is -0.377 e. The molecule has 0 saturated heterocycles. The second-order valence-electron chi connectivity index (χ2n) is 3.24. The summed E-state index contributed by atoms with van der Waals surface area (Å²) >= 11 is 0. The first kappa shape index (κ1) is 13.1. The normalized spacial score (nSPS) is 16.1. The highest BCUT2D eigenvalue weighted by Gasteiger charge is 2.10. The molecule has 0 bridgehead atoms. The smallest absolute Gasteiger partial charge is 0.0705 e. The summed E-state index contributed by atoms with van der Waals surface area (Å²) in [5, 5.41) is 0.236. The zero-order valence-electron chi connectivity index (χ0n) is 8.79. The van der Waals surface area contributed by atoms with E-state index in [2.05, 4.69) is 0 Å². The van der Waals surface area contributed by atoms with Crippen LogP contribution in [0.5, 0.6) is 0 Å². The van der Waals surface area contributed by atoms with E-state index >= 15 is 0 Å². The first-order chi connectivity index (χ1) is 6.11. The molecule has 80 valence electrons. The molecule has 4 heteroatoms. The molecule has 0 spiro atoms. The van der Waals surface area contributed by atoms with Gasteiger partial charge in [-0.15, -0.1) is 0 Å². The van der Waals surface area contributed by atoms with Gasteiger partial charge >= 0.3 is 0 Å². The molecular formula is C9H21NO2S. The van der Waals surface area contributed by atoms with Gasteiger partial charge in [0.15, 0.2) is 0 Å². The number of hydrogen-bond donors (Lipinski definition) is 1. The van der Waals surface area contributed by atoms with Crippen molar-refractivity contribution in [2.75, 3.05) is 18.9 Å². The largest absolute Gasteiger partial charge is 0.377 e. The Bertz CT molecular complexity index is 151. The van der Waals surface area contributed by atoms with Crippen LogP contribution in [0.1, 0.15) is 27.2 Å². The van der Waals surface area contributed by atoms with Gasteiger partial charge in [-0.1, -0.05) is 13.8 Å². The fraction of sp³-hybridized carbons (Fsp3) is 1.00. The number of ether oxygens (including phenoxy) is 1. The Morgan fingerprint density at radius 2 is 2.08 bits per heavy atom. The molecule has 0 amide bonds. The molecule has 0 heterocycles. The van der Waals surface area contributed by atoms with E-state index in [9.17, 15) is 4.21 Å². The van der Waals surface area contributed by atoms with Crippen LogP contribution in [0.3, 0.4) is 0 Å². The van der Waals surface area contributed by atoms with Crippen LogP contribution >= 0.6 is 0 Å². The molecule has 0 aliphatic carbocycles. The Kier molecular flexibility index (Phi) is 7.51. The van der Waals surface area contributed by atoms with Gasteiger partial charge in [-0.05, 0) is 13.3 Å². The van der Waals surface area contributed by atoms with Crippen LogP contribution < -0.4 is 5.73 Å². The van der Waals surface area contributed by atoms with Crippen LogP contribution in [0, 0.1) is 0 Å². The molecule has 0 aromatic heterocycles. The summed E-state index contributed by atoms with van der Waals surface area (Å²) in [5.41, 5.74) is 5.50. The third-order valence-corrected chi connectivity index (χ3v) is 3.52. The van der Waals surface area contributed by atoms with Crippen LogP contribution in [0.15, 0.2) is 0 Å². The van der Waals surface area contributed by atoms with Crippen LogP contribution in [0.2, 0.25) is 0 Å². The summed E-state index contributed by atoms with van der Waals surface area (Å²) in [7, 11) is -0.733. The van der Waals surface area contributed by atoms with Gasteiger partial charge in [-0.2, -0.15) is 0 Å². The standard InChI is InChI=1S/C9H21NO2S/c1-4-12-9(7-10)5-6-13(11)8(2)3/h8-9H,4-7,10H2,1-3H3. The third kappa shape index (κ3) is 6.18. The van der Waals surface area contributed by atoms with Gasteiger partial charge in [0.05, 0.1) is 6.10 Å². The van der Waals surface area contributed by atoms with Crippen molar-refractivity contribution in [3.63, 3.8) is 0 Å². The number of rotatable bonds is 7.